The van der Waals surface area contributed by atoms with E-state index in [4.69, 9.17) is 10.5 Å². The summed E-state index contributed by atoms with van der Waals surface area (Å²) in [5, 5.41) is 11.1. The van der Waals surface area contributed by atoms with Crippen molar-refractivity contribution in [2.75, 3.05) is 7.11 Å². The maximum absolute atomic E-state index is 11.1. The average molecular weight is 236 g/mol. The Morgan fingerprint density at radius 1 is 1.53 bits per heavy atom. The highest BCUT2D eigenvalue weighted by molar-refractivity contribution is 5.53. The van der Waals surface area contributed by atoms with Gasteiger partial charge in [0, 0.05) is 17.0 Å². The van der Waals surface area contributed by atoms with Crippen molar-refractivity contribution in [1.82, 2.24) is 0 Å². The molecule has 2 rings (SSSR count). The van der Waals surface area contributed by atoms with Gasteiger partial charge < -0.3 is 10.5 Å². The van der Waals surface area contributed by atoms with E-state index in [-0.39, 0.29) is 22.1 Å². The molecule has 5 nitrogen and oxygen atoms in total. The molecule has 1 saturated carbocycles. The molecule has 0 aliphatic heterocycles. The van der Waals surface area contributed by atoms with Gasteiger partial charge in [0.25, 0.3) is 5.69 Å². The third kappa shape index (κ3) is 1.86. The van der Waals surface area contributed by atoms with Gasteiger partial charge in [0.05, 0.1) is 18.1 Å². The largest absolute Gasteiger partial charge is 0.497 e. The molecule has 0 aromatic heterocycles. The third-order valence-corrected chi connectivity index (χ3v) is 3.60. The van der Waals surface area contributed by atoms with E-state index in [0.717, 1.165) is 18.4 Å². The van der Waals surface area contributed by atoms with Gasteiger partial charge in [0.15, 0.2) is 0 Å². The number of rotatable bonds is 4. The summed E-state index contributed by atoms with van der Waals surface area (Å²) < 4.78 is 5.02. The highest BCUT2D eigenvalue weighted by Gasteiger charge is 2.50. The van der Waals surface area contributed by atoms with E-state index in [2.05, 4.69) is 0 Å². The van der Waals surface area contributed by atoms with Gasteiger partial charge in [-0.1, -0.05) is 0 Å². The van der Waals surface area contributed by atoms with E-state index in [1.54, 1.807) is 12.1 Å². The monoisotopic (exact) mass is 236 g/mol. The molecule has 0 radical (unpaired) electrons. The van der Waals surface area contributed by atoms with E-state index in [1.165, 1.54) is 13.2 Å². The van der Waals surface area contributed by atoms with Gasteiger partial charge in [-0.3, -0.25) is 10.1 Å². The first-order valence-electron chi connectivity index (χ1n) is 5.60. The highest BCUT2D eigenvalue weighted by Crippen LogP contribution is 2.53. The summed E-state index contributed by atoms with van der Waals surface area (Å²) in [7, 11) is 1.50. The predicted octanol–water partition coefficient (Wildman–Crippen LogP) is 1.98. The van der Waals surface area contributed by atoms with E-state index in [1.807, 2.05) is 6.92 Å². The molecule has 5 heteroatoms. The van der Waals surface area contributed by atoms with Crippen LogP contribution in [-0.4, -0.2) is 18.1 Å². The molecule has 1 aliphatic carbocycles. The minimum absolute atomic E-state index is 0.0744. The molecule has 1 aromatic carbocycles. The minimum atomic E-state index is -0.361. The number of nitro groups is 1. The second kappa shape index (κ2) is 4.00. The Bertz CT molecular complexity index is 453. The molecule has 1 aliphatic rings. The Hall–Kier alpha value is -1.62. The molecule has 0 bridgehead atoms. The van der Waals surface area contributed by atoms with Crippen LogP contribution in [0.15, 0.2) is 18.2 Å². The van der Waals surface area contributed by atoms with Crippen molar-refractivity contribution in [3.8, 4) is 5.75 Å². The number of hydrogen-bond acceptors (Lipinski definition) is 4. The molecule has 1 aromatic rings. The van der Waals surface area contributed by atoms with Crippen LogP contribution in [0.4, 0.5) is 5.69 Å². The number of methoxy groups -OCH3 is 1. The van der Waals surface area contributed by atoms with Gasteiger partial charge in [0.1, 0.15) is 5.75 Å². The first-order valence-corrected chi connectivity index (χ1v) is 5.60. The molecule has 0 heterocycles. The van der Waals surface area contributed by atoms with Crippen molar-refractivity contribution >= 4 is 5.69 Å². The topological polar surface area (TPSA) is 78.4 Å². The van der Waals surface area contributed by atoms with Gasteiger partial charge >= 0.3 is 0 Å². The van der Waals surface area contributed by atoms with Crippen molar-refractivity contribution in [1.29, 1.82) is 0 Å². The molecule has 1 fully saturated rings. The molecule has 0 amide bonds. The highest BCUT2D eigenvalue weighted by atomic mass is 16.6. The summed E-state index contributed by atoms with van der Waals surface area (Å²) in [6, 6.07) is 4.92. The molecule has 0 spiro atoms. The van der Waals surface area contributed by atoms with Crippen molar-refractivity contribution in [3.05, 3.63) is 33.9 Å². The molecule has 1 unspecified atom stereocenters. The summed E-state index contributed by atoms with van der Waals surface area (Å²) in [6.45, 7) is 1.90. The Balaban J connectivity index is 2.51. The van der Waals surface area contributed by atoms with Crippen LogP contribution in [0, 0.1) is 10.1 Å². The van der Waals surface area contributed by atoms with E-state index >= 15 is 0 Å². The van der Waals surface area contributed by atoms with Crippen LogP contribution in [0.1, 0.15) is 25.3 Å². The number of nitrogens with two attached hydrogens (primary N) is 1. The van der Waals surface area contributed by atoms with Crippen LogP contribution in [0.3, 0.4) is 0 Å². The zero-order chi connectivity index (χ0) is 12.6. The number of hydrogen-bond donors (Lipinski definition) is 1. The van der Waals surface area contributed by atoms with Crippen LogP contribution in [-0.2, 0) is 5.41 Å². The number of ether oxygens (including phenoxy) is 1. The van der Waals surface area contributed by atoms with Crippen molar-refractivity contribution in [3.63, 3.8) is 0 Å². The van der Waals surface area contributed by atoms with Crippen LogP contribution in [0.5, 0.6) is 5.75 Å². The maximum Gasteiger partial charge on any atom is 0.276 e. The standard InChI is InChI=1S/C12H16N2O3/c1-8(13)12(5-6-12)10-4-3-9(17-2)7-11(10)14(15)16/h3-4,7-8H,5-6,13H2,1-2H3. The normalized spacial score (nSPS) is 18.5. The Labute approximate surface area is 99.7 Å². The van der Waals surface area contributed by atoms with Crippen molar-refractivity contribution in [2.24, 2.45) is 5.73 Å². The smallest absolute Gasteiger partial charge is 0.276 e. The van der Waals surface area contributed by atoms with Crippen LogP contribution in [0.2, 0.25) is 0 Å². The van der Waals surface area contributed by atoms with E-state index < -0.39 is 0 Å². The molecule has 17 heavy (non-hydrogen) atoms. The summed E-state index contributed by atoms with van der Waals surface area (Å²) in [6.07, 6.45) is 1.83. The zero-order valence-electron chi connectivity index (χ0n) is 9.97. The lowest BCUT2D eigenvalue weighted by atomic mass is 9.88. The van der Waals surface area contributed by atoms with Gasteiger partial charge in [0.2, 0.25) is 0 Å². The summed E-state index contributed by atoms with van der Waals surface area (Å²) >= 11 is 0. The molecule has 1 atom stereocenters. The van der Waals surface area contributed by atoms with Crippen LogP contribution in [0.25, 0.3) is 0 Å². The maximum atomic E-state index is 11.1. The number of nitro benzene ring substituents is 1. The SMILES string of the molecule is COc1ccc(C2(C(C)N)CC2)c([N+](=O)[O-])c1. The summed E-state index contributed by atoms with van der Waals surface area (Å²) in [4.78, 5) is 10.7. The number of benzene rings is 1. The lowest BCUT2D eigenvalue weighted by molar-refractivity contribution is -0.385. The van der Waals surface area contributed by atoms with Crippen molar-refractivity contribution in [2.45, 2.75) is 31.2 Å². The Morgan fingerprint density at radius 2 is 2.18 bits per heavy atom. The van der Waals surface area contributed by atoms with Gasteiger partial charge in [-0.15, -0.1) is 0 Å². The van der Waals surface area contributed by atoms with Crippen LogP contribution < -0.4 is 10.5 Å². The Kier molecular flexibility index (Phi) is 2.79. The molecule has 2 N–H and O–H groups in total. The number of nitrogens with zero attached hydrogens (tertiary/aromatic N) is 1. The second-order valence-corrected chi connectivity index (χ2v) is 4.59. The fourth-order valence-corrected chi connectivity index (χ4v) is 2.32. The fraction of sp³-hybridized carbons (Fsp3) is 0.500. The van der Waals surface area contributed by atoms with Crippen LogP contribution >= 0.6 is 0 Å². The molecular weight excluding hydrogens is 220 g/mol. The van der Waals surface area contributed by atoms with Gasteiger partial charge in [-0.2, -0.15) is 0 Å². The fourth-order valence-electron chi connectivity index (χ4n) is 2.32. The third-order valence-electron chi connectivity index (χ3n) is 3.60. The molecular formula is C12H16N2O3. The lowest BCUT2D eigenvalue weighted by Crippen LogP contribution is -2.32. The first-order chi connectivity index (χ1) is 8.01. The van der Waals surface area contributed by atoms with E-state index in [0.29, 0.717) is 5.75 Å². The zero-order valence-corrected chi connectivity index (χ0v) is 9.97. The van der Waals surface area contributed by atoms with Gasteiger partial charge in [-0.05, 0) is 31.9 Å². The summed E-state index contributed by atoms with van der Waals surface area (Å²) in [5.74, 6) is 0.501. The molecule has 0 saturated heterocycles. The Morgan fingerprint density at radius 3 is 2.59 bits per heavy atom. The average Bonchev–Trinajstić information content (AvgIpc) is 3.09. The molecule has 92 valence electrons. The van der Waals surface area contributed by atoms with Crippen molar-refractivity contribution < 1.29 is 9.66 Å². The van der Waals surface area contributed by atoms with Gasteiger partial charge in [-0.25, -0.2) is 0 Å². The summed E-state index contributed by atoms with van der Waals surface area (Å²) in [5.41, 5.74) is 6.58. The van der Waals surface area contributed by atoms with E-state index in [9.17, 15) is 10.1 Å². The lowest BCUT2D eigenvalue weighted by Gasteiger charge is -2.20. The second-order valence-electron chi connectivity index (χ2n) is 4.59. The first kappa shape index (κ1) is 11.9. The predicted molar refractivity (Wildman–Crippen MR) is 64.2 cm³/mol. The minimum Gasteiger partial charge on any atom is -0.497 e. The quantitative estimate of drug-likeness (QED) is 0.640.